The van der Waals surface area contributed by atoms with Gasteiger partial charge in [-0.3, -0.25) is 4.90 Å². The molecule has 4 rings (SSSR count). The normalized spacial score (nSPS) is 35.1. The number of nitrogens with zero attached hydrogens (tertiary/aromatic N) is 5. The quantitative estimate of drug-likeness (QED) is 0.768. The van der Waals surface area contributed by atoms with E-state index in [-0.39, 0.29) is 6.35 Å². The van der Waals surface area contributed by atoms with Gasteiger partial charge in [-0.1, -0.05) is 6.42 Å². The summed E-state index contributed by atoms with van der Waals surface area (Å²) < 4.78 is 6.17. The maximum atomic E-state index is 6.17. The van der Waals surface area contributed by atoms with Gasteiger partial charge >= 0.3 is 0 Å². The lowest BCUT2D eigenvalue weighted by Crippen LogP contribution is -2.71. The molecule has 6 heteroatoms. The van der Waals surface area contributed by atoms with Crippen LogP contribution in [0.5, 0.6) is 0 Å². The van der Waals surface area contributed by atoms with Gasteiger partial charge in [0.15, 0.2) is 6.35 Å². The molecule has 21 heavy (non-hydrogen) atoms. The summed E-state index contributed by atoms with van der Waals surface area (Å²) in [6.07, 6.45) is 8.14. The number of piperidine rings is 1. The van der Waals surface area contributed by atoms with Crippen LogP contribution in [0.3, 0.4) is 0 Å². The van der Waals surface area contributed by atoms with Crippen LogP contribution in [0.4, 0.5) is 0 Å². The predicted octanol–water partition coefficient (Wildman–Crippen LogP) is 0.937. The first kappa shape index (κ1) is 14.4. The van der Waals surface area contributed by atoms with Gasteiger partial charge in [-0.25, -0.2) is 10.0 Å². The highest BCUT2D eigenvalue weighted by Crippen LogP contribution is 2.27. The van der Waals surface area contributed by atoms with E-state index in [4.69, 9.17) is 4.74 Å². The Morgan fingerprint density at radius 1 is 0.619 bits per heavy atom. The lowest BCUT2D eigenvalue weighted by atomic mass is 10.2. The number of likely N-dealkylation sites (tertiary alicyclic amines) is 1. The molecule has 0 radical (unpaired) electrons. The van der Waals surface area contributed by atoms with E-state index in [1.807, 2.05) is 0 Å². The summed E-state index contributed by atoms with van der Waals surface area (Å²) in [7, 11) is 0. The number of rotatable bonds is 3. The first-order valence-corrected chi connectivity index (χ1v) is 8.85. The third-order valence-corrected chi connectivity index (χ3v) is 5.23. The highest BCUT2D eigenvalue weighted by molar-refractivity contribution is 4.77. The second kappa shape index (κ2) is 6.48. The maximum absolute atomic E-state index is 6.17. The summed E-state index contributed by atoms with van der Waals surface area (Å²) in [5.74, 6) is 0. The van der Waals surface area contributed by atoms with E-state index in [0.717, 1.165) is 13.2 Å². The van der Waals surface area contributed by atoms with Crippen LogP contribution in [0.15, 0.2) is 0 Å². The lowest BCUT2D eigenvalue weighted by Gasteiger charge is -2.55. The Morgan fingerprint density at radius 2 is 1.29 bits per heavy atom. The predicted molar refractivity (Wildman–Crippen MR) is 80.7 cm³/mol. The molecule has 0 aliphatic carbocycles. The third kappa shape index (κ3) is 2.85. The van der Waals surface area contributed by atoms with Crippen LogP contribution in [0.2, 0.25) is 0 Å². The zero-order chi connectivity index (χ0) is 14.1. The molecule has 4 fully saturated rings. The summed E-state index contributed by atoms with van der Waals surface area (Å²) >= 11 is 0. The monoisotopic (exact) mass is 295 g/mol. The Balaban J connectivity index is 1.53. The molecule has 6 nitrogen and oxygen atoms in total. The van der Waals surface area contributed by atoms with E-state index in [2.05, 4.69) is 25.2 Å². The fourth-order valence-electron chi connectivity index (χ4n) is 3.91. The summed E-state index contributed by atoms with van der Waals surface area (Å²) in [4.78, 5) is 2.48. The van der Waals surface area contributed by atoms with Crippen LogP contribution in [0, 0.1) is 0 Å². The van der Waals surface area contributed by atoms with Gasteiger partial charge in [-0.15, -0.1) is 5.12 Å². The van der Waals surface area contributed by atoms with E-state index in [0.29, 0.717) is 0 Å². The van der Waals surface area contributed by atoms with Crippen molar-refractivity contribution in [3.05, 3.63) is 0 Å². The Labute approximate surface area is 128 Å². The van der Waals surface area contributed by atoms with Crippen LogP contribution in [-0.2, 0) is 4.74 Å². The molecule has 0 amide bonds. The molecule has 0 aromatic rings. The molecule has 1 atom stereocenters. The van der Waals surface area contributed by atoms with Gasteiger partial charge in [0.25, 0.3) is 0 Å². The number of hydrogen-bond acceptors (Lipinski definition) is 6. The largest absolute Gasteiger partial charge is 0.346 e. The van der Waals surface area contributed by atoms with Gasteiger partial charge in [0.2, 0.25) is 0 Å². The Bertz CT molecular complexity index is 339. The molecule has 0 saturated carbocycles. The van der Waals surface area contributed by atoms with Crippen LogP contribution < -0.4 is 0 Å². The molecule has 4 saturated heterocycles. The molecule has 120 valence electrons. The van der Waals surface area contributed by atoms with E-state index < -0.39 is 0 Å². The van der Waals surface area contributed by atoms with Gasteiger partial charge in [0, 0.05) is 39.3 Å². The van der Waals surface area contributed by atoms with Crippen molar-refractivity contribution in [2.75, 3.05) is 52.4 Å². The standard InChI is InChI=1S/C15H29N5O/c1-2-9-17(10-3-1)19-13-14-21-15(16-7-6-8-16)20(19)18-11-4-5-12-18/h15H,1-14H2. The first-order chi connectivity index (χ1) is 10.4. The molecule has 0 spiro atoms. The van der Waals surface area contributed by atoms with Gasteiger partial charge in [0.1, 0.15) is 0 Å². The second-order valence-corrected chi connectivity index (χ2v) is 6.68. The molecule has 0 N–H and O–H groups in total. The molecule has 4 aliphatic heterocycles. The van der Waals surface area contributed by atoms with Crippen LogP contribution in [-0.4, -0.2) is 83.9 Å². The van der Waals surface area contributed by atoms with Crippen LogP contribution >= 0.6 is 0 Å². The smallest absolute Gasteiger partial charge is 0.196 e. The zero-order valence-electron chi connectivity index (χ0n) is 13.1. The third-order valence-electron chi connectivity index (χ3n) is 5.23. The maximum Gasteiger partial charge on any atom is 0.196 e. The van der Waals surface area contributed by atoms with Crippen molar-refractivity contribution in [1.82, 2.24) is 25.2 Å². The first-order valence-electron chi connectivity index (χ1n) is 8.85. The van der Waals surface area contributed by atoms with Gasteiger partial charge < -0.3 is 4.74 Å². The molecule has 0 aromatic carbocycles. The van der Waals surface area contributed by atoms with Crippen molar-refractivity contribution in [3.8, 4) is 0 Å². The summed E-state index contributed by atoms with van der Waals surface area (Å²) in [5.41, 5.74) is 0. The van der Waals surface area contributed by atoms with Gasteiger partial charge in [-0.05, 0) is 32.1 Å². The van der Waals surface area contributed by atoms with Gasteiger partial charge in [-0.2, -0.15) is 5.12 Å². The summed E-state index contributed by atoms with van der Waals surface area (Å²) in [5, 5.41) is 10.1. The average Bonchev–Trinajstić information content (AvgIpc) is 3.00. The van der Waals surface area contributed by atoms with Crippen molar-refractivity contribution in [3.63, 3.8) is 0 Å². The van der Waals surface area contributed by atoms with E-state index in [9.17, 15) is 0 Å². The lowest BCUT2D eigenvalue weighted by molar-refractivity contribution is -0.397. The van der Waals surface area contributed by atoms with E-state index in [1.165, 1.54) is 77.8 Å². The van der Waals surface area contributed by atoms with E-state index >= 15 is 0 Å². The van der Waals surface area contributed by atoms with Crippen LogP contribution in [0.25, 0.3) is 0 Å². The Kier molecular flexibility index (Phi) is 4.43. The minimum atomic E-state index is 0.132. The molecule has 4 heterocycles. The molecule has 0 bridgehead atoms. The molecule has 1 unspecified atom stereocenters. The van der Waals surface area contributed by atoms with Crippen molar-refractivity contribution in [2.24, 2.45) is 0 Å². The van der Waals surface area contributed by atoms with Crippen molar-refractivity contribution < 1.29 is 4.74 Å². The minimum Gasteiger partial charge on any atom is -0.346 e. The molecule has 4 aliphatic rings. The summed E-state index contributed by atoms with van der Waals surface area (Å²) in [6, 6.07) is 0. The average molecular weight is 295 g/mol. The fourth-order valence-corrected chi connectivity index (χ4v) is 3.91. The Hall–Kier alpha value is -0.240. The molecular weight excluding hydrogens is 266 g/mol. The molecular formula is C15H29N5O. The highest BCUT2D eigenvalue weighted by atomic mass is 16.5. The Morgan fingerprint density at radius 3 is 1.95 bits per heavy atom. The second-order valence-electron chi connectivity index (χ2n) is 6.68. The molecule has 0 aromatic heterocycles. The SMILES string of the molecule is C1CCN(N2CCOC(N3CCC3)N2N2CCCC2)CC1. The minimum absolute atomic E-state index is 0.132. The van der Waals surface area contributed by atoms with Crippen molar-refractivity contribution in [1.29, 1.82) is 0 Å². The highest BCUT2D eigenvalue weighted by Gasteiger charge is 2.42. The van der Waals surface area contributed by atoms with Crippen LogP contribution in [0.1, 0.15) is 38.5 Å². The number of ether oxygens (including phenoxy) is 1. The zero-order valence-corrected chi connectivity index (χ0v) is 13.1. The van der Waals surface area contributed by atoms with E-state index in [1.54, 1.807) is 0 Å². The van der Waals surface area contributed by atoms with Crippen molar-refractivity contribution >= 4 is 0 Å². The number of hydrogen-bond donors (Lipinski definition) is 0. The van der Waals surface area contributed by atoms with Gasteiger partial charge in [0.05, 0.1) is 13.2 Å². The van der Waals surface area contributed by atoms with Crippen molar-refractivity contribution in [2.45, 2.75) is 44.9 Å². The fraction of sp³-hybridized carbons (Fsp3) is 1.00. The number of hydrazine groups is 3. The topological polar surface area (TPSA) is 25.4 Å². The summed E-state index contributed by atoms with van der Waals surface area (Å²) in [6.45, 7) is 8.98.